The van der Waals surface area contributed by atoms with Gasteiger partial charge < -0.3 is 4.43 Å². The molecule has 4 nitrogen and oxygen atoms in total. The van der Waals surface area contributed by atoms with Crippen molar-refractivity contribution in [3.8, 4) is 0 Å². The molecule has 1 aromatic heterocycles. The highest BCUT2D eigenvalue weighted by molar-refractivity contribution is 7.84. The third kappa shape index (κ3) is 6.05. The number of hydrogen-bond donors (Lipinski definition) is 1. The van der Waals surface area contributed by atoms with Crippen LogP contribution in [0.3, 0.4) is 0 Å². The first kappa shape index (κ1) is 21.0. The van der Waals surface area contributed by atoms with Crippen LogP contribution in [-0.2, 0) is 15.4 Å². The van der Waals surface area contributed by atoms with Gasteiger partial charge in [0.15, 0.2) is 8.32 Å². The van der Waals surface area contributed by atoms with Crippen LogP contribution in [0, 0.1) is 6.92 Å². The molecule has 1 aromatic rings. The van der Waals surface area contributed by atoms with E-state index in [9.17, 15) is 4.21 Å². The van der Waals surface area contributed by atoms with Crippen molar-refractivity contribution in [2.24, 2.45) is 0 Å². The molecule has 0 radical (unpaired) electrons. The number of nitrogens with zero attached hydrogens (tertiary/aromatic N) is 1. The summed E-state index contributed by atoms with van der Waals surface area (Å²) in [5.74, 6) is 0. The lowest BCUT2D eigenvalue weighted by Crippen LogP contribution is -2.44. The molecule has 0 saturated heterocycles. The number of aromatic nitrogens is 1. The number of thiazole rings is 1. The molecule has 0 aliphatic heterocycles. The molecule has 0 saturated carbocycles. The first-order valence-electron chi connectivity index (χ1n) is 7.98. The van der Waals surface area contributed by atoms with Crippen molar-refractivity contribution >= 4 is 30.6 Å². The zero-order valence-electron chi connectivity index (χ0n) is 15.9. The van der Waals surface area contributed by atoms with Gasteiger partial charge in [0.1, 0.15) is 5.01 Å². The van der Waals surface area contributed by atoms with Crippen molar-refractivity contribution in [1.82, 2.24) is 9.71 Å². The Kier molecular flexibility index (Phi) is 6.77. The van der Waals surface area contributed by atoms with Crippen LogP contribution < -0.4 is 4.72 Å². The Morgan fingerprint density at radius 2 is 1.87 bits per heavy atom. The first-order valence-corrected chi connectivity index (χ1v) is 12.9. The second kappa shape index (κ2) is 7.43. The van der Waals surface area contributed by atoms with E-state index in [1.165, 1.54) is 0 Å². The Morgan fingerprint density at radius 3 is 2.26 bits per heavy atom. The minimum Gasteiger partial charge on any atom is -0.415 e. The molecule has 0 bridgehead atoms. The number of rotatable bonds is 6. The summed E-state index contributed by atoms with van der Waals surface area (Å²) < 4.78 is 21.8. The summed E-state index contributed by atoms with van der Waals surface area (Å²) in [6, 6.07) is -0.136. The predicted octanol–water partition coefficient (Wildman–Crippen LogP) is 4.57. The lowest BCUT2D eigenvalue weighted by molar-refractivity contribution is 0.257. The van der Waals surface area contributed by atoms with Gasteiger partial charge in [0.05, 0.1) is 28.4 Å². The van der Waals surface area contributed by atoms with Crippen molar-refractivity contribution in [2.45, 2.75) is 77.4 Å². The van der Waals surface area contributed by atoms with Crippen LogP contribution in [0.1, 0.15) is 58.3 Å². The van der Waals surface area contributed by atoms with E-state index in [-0.39, 0.29) is 15.8 Å². The van der Waals surface area contributed by atoms with Crippen molar-refractivity contribution in [3.05, 3.63) is 16.1 Å². The molecule has 0 aliphatic carbocycles. The Hall–Kier alpha value is -0.0831. The fraction of sp³-hybridized carbons (Fsp3) is 0.812. The van der Waals surface area contributed by atoms with Gasteiger partial charge in [0.25, 0.3) is 0 Å². The van der Waals surface area contributed by atoms with Crippen LogP contribution >= 0.6 is 11.3 Å². The summed E-state index contributed by atoms with van der Waals surface area (Å²) in [5, 5.41) is 3.12. The highest BCUT2D eigenvalue weighted by Crippen LogP contribution is 2.37. The average molecular weight is 377 g/mol. The van der Waals surface area contributed by atoms with Gasteiger partial charge in [-0.25, -0.2) is 13.9 Å². The van der Waals surface area contributed by atoms with E-state index in [0.717, 1.165) is 10.7 Å². The third-order valence-electron chi connectivity index (χ3n) is 4.16. The van der Waals surface area contributed by atoms with E-state index in [4.69, 9.17) is 4.43 Å². The van der Waals surface area contributed by atoms with Crippen LogP contribution in [0.2, 0.25) is 18.1 Å². The third-order valence-corrected chi connectivity index (χ3v) is 11.3. The molecule has 1 rings (SSSR count). The monoisotopic (exact) mass is 376 g/mol. The number of aryl methyl sites for hydroxylation is 1. The molecule has 0 spiro atoms. The first-order chi connectivity index (χ1) is 10.2. The molecule has 0 aromatic carbocycles. The van der Waals surface area contributed by atoms with Gasteiger partial charge in [0, 0.05) is 11.1 Å². The predicted molar refractivity (Wildman–Crippen MR) is 104 cm³/mol. The highest BCUT2D eigenvalue weighted by atomic mass is 32.2. The molecule has 1 N–H and O–H groups in total. The lowest BCUT2D eigenvalue weighted by Gasteiger charge is -2.37. The summed E-state index contributed by atoms with van der Waals surface area (Å²) in [4.78, 5) is 4.57. The SMILES string of the molecule is Cc1csc([C@@H](CO[Si](C)(C)C(C)(C)C)N[S@@](=O)C(C)(C)C)n1. The second-order valence-electron chi connectivity index (χ2n) is 8.45. The summed E-state index contributed by atoms with van der Waals surface area (Å²) in [6.07, 6.45) is 0. The highest BCUT2D eigenvalue weighted by Gasteiger charge is 2.38. The van der Waals surface area contributed by atoms with E-state index in [2.05, 4.69) is 43.6 Å². The van der Waals surface area contributed by atoms with Gasteiger partial charge in [-0.1, -0.05) is 20.8 Å². The quantitative estimate of drug-likeness (QED) is 0.740. The van der Waals surface area contributed by atoms with Crippen molar-refractivity contribution in [3.63, 3.8) is 0 Å². The van der Waals surface area contributed by atoms with Gasteiger partial charge in [0.2, 0.25) is 0 Å². The summed E-state index contributed by atoms with van der Waals surface area (Å²) >= 11 is 1.60. The van der Waals surface area contributed by atoms with Crippen LogP contribution in [0.25, 0.3) is 0 Å². The Labute approximate surface area is 149 Å². The fourth-order valence-electron chi connectivity index (χ4n) is 1.50. The molecular weight excluding hydrogens is 344 g/mol. The van der Waals surface area contributed by atoms with Crippen LogP contribution in [-0.4, -0.2) is 28.9 Å². The molecule has 134 valence electrons. The maximum absolute atomic E-state index is 12.5. The van der Waals surface area contributed by atoms with Gasteiger partial charge >= 0.3 is 0 Å². The fourth-order valence-corrected chi connectivity index (χ4v) is 4.22. The van der Waals surface area contributed by atoms with Gasteiger partial charge in [-0.2, -0.15) is 0 Å². The van der Waals surface area contributed by atoms with E-state index in [1.54, 1.807) is 11.3 Å². The van der Waals surface area contributed by atoms with Gasteiger partial charge in [-0.3, -0.25) is 0 Å². The van der Waals surface area contributed by atoms with Crippen molar-refractivity contribution in [2.75, 3.05) is 6.61 Å². The van der Waals surface area contributed by atoms with Crippen LogP contribution in [0.15, 0.2) is 5.38 Å². The zero-order valence-corrected chi connectivity index (χ0v) is 18.6. The number of nitrogens with one attached hydrogen (secondary N) is 1. The summed E-state index contributed by atoms with van der Waals surface area (Å²) in [7, 11) is -3.01. The standard InChI is InChI=1S/C16H32N2O2S2Si/c1-12-11-21-14(17-12)13(18-22(19)15(2,3)4)10-20-23(8,9)16(5,6)7/h11,13,18H,10H2,1-9H3/t13-,22+/m1/s1. The molecule has 2 atom stereocenters. The molecule has 0 unspecified atom stereocenters. The largest absolute Gasteiger partial charge is 0.415 e. The molecule has 1 heterocycles. The normalized spacial score (nSPS) is 16.4. The van der Waals surface area contributed by atoms with Gasteiger partial charge in [-0.15, -0.1) is 11.3 Å². The molecule has 0 fully saturated rings. The zero-order chi connectivity index (χ0) is 18.1. The van der Waals surface area contributed by atoms with Crippen LogP contribution in [0.5, 0.6) is 0 Å². The Bertz CT molecular complexity index is 545. The maximum atomic E-state index is 12.5. The molecule has 7 heteroatoms. The maximum Gasteiger partial charge on any atom is 0.192 e. The smallest absolute Gasteiger partial charge is 0.192 e. The van der Waals surface area contributed by atoms with E-state index in [0.29, 0.717) is 6.61 Å². The number of hydrogen-bond acceptors (Lipinski definition) is 4. The molecular formula is C16H32N2O2S2Si. The molecule has 23 heavy (non-hydrogen) atoms. The van der Waals surface area contributed by atoms with E-state index >= 15 is 0 Å². The molecule has 0 aliphatic rings. The van der Waals surface area contributed by atoms with E-state index in [1.807, 2.05) is 33.1 Å². The Balaban J connectivity index is 2.91. The van der Waals surface area contributed by atoms with Crippen molar-refractivity contribution < 1.29 is 8.63 Å². The van der Waals surface area contributed by atoms with E-state index < -0.39 is 19.3 Å². The molecule has 0 amide bonds. The lowest BCUT2D eigenvalue weighted by atomic mass is 10.2. The minimum absolute atomic E-state index is 0.136. The van der Waals surface area contributed by atoms with Gasteiger partial charge in [-0.05, 0) is 45.8 Å². The minimum atomic E-state index is -1.85. The Morgan fingerprint density at radius 1 is 1.30 bits per heavy atom. The van der Waals surface area contributed by atoms with Crippen molar-refractivity contribution in [1.29, 1.82) is 0 Å². The summed E-state index contributed by atoms with van der Waals surface area (Å²) in [6.45, 7) is 19.5. The van der Waals surface area contributed by atoms with Crippen LogP contribution in [0.4, 0.5) is 0 Å². The second-order valence-corrected chi connectivity index (χ2v) is 16.1. The average Bonchev–Trinajstić information content (AvgIpc) is 2.78. The topological polar surface area (TPSA) is 51.2 Å². The summed E-state index contributed by atoms with van der Waals surface area (Å²) in [5.41, 5.74) is 0.991.